The average molecular weight is 202 g/mol. The lowest BCUT2D eigenvalue weighted by atomic mass is 10.0. The Bertz CT molecular complexity index is 295. The monoisotopic (exact) mass is 201 g/mol. The van der Waals surface area contributed by atoms with E-state index < -0.39 is 0 Å². The first-order valence-electron chi connectivity index (χ1n) is 4.17. The van der Waals surface area contributed by atoms with Gasteiger partial charge in [-0.25, -0.2) is 0 Å². The van der Waals surface area contributed by atoms with E-state index in [1.54, 1.807) is 11.3 Å². The molecule has 1 aromatic heterocycles. The topological polar surface area (TPSA) is 3.24 Å². The molecule has 0 fully saturated rings. The summed E-state index contributed by atoms with van der Waals surface area (Å²) in [4.78, 5) is 3.82. The molecular weight excluding hydrogens is 190 g/mol. The Labute approximate surface area is 82.0 Å². The van der Waals surface area contributed by atoms with Gasteiger partial charge < -0.3 is 0 Å². The molecule has 2 heterocycles. The Morgan fingerprint density at radius 2 is 2.42 bits per heavy atom. The maximum Gasteiger partial charge on any atom is 0.0934 e. The maximum absolute atomic E-state index is 5.96. The second-order valence-electron chi connectivity index (χ2n) is 3.35. The summed E-state index contributed by atoms with van der Waals surface area (Å²) in [5.74, 6) is 0. The number of hydrogen-bond donors (Lipinski definition) is 0. The summed E-state index contributed by atoms with van der Waals surface area (Å²) < 4.78 is 0.933. The largest absolute Gasteiger partial charge is 0.298 e. The quantitative estimate of drug-likeness (QED) is 0.624. The van der Waals surface area contributed by atoms with Crippen LogP contribution in [0.2, 0.25) is 4.34 Å². The van der Waals surface area contributed by atoms with Crippen LogP contribution in [0, 0.1) is 0 Å². The predicted octanol–water partition coefficient (Wildman–Crippen LogP) is 2.95. The van der Waals surface area contributed by atoms with Crippen molar-refractivity contribution in [2.24, 2.45) is 0 Å². The third kappa shape index (κ3) is 1.28. The van der Waals surface area contributed by atoms with E-state index in [0.717, 1.165) is 17.3 Å². The fourth-order valence-electron chi connectivity index (χ4n) is 1.65. The molecule has 66 valence electrons. The molecule has 12 heavy (non-hydrogen) atoms. The summed E-state index contributed by atoms with van der Waals surface area (Å²) in [6.07, 6.45) is 1.15. The standard InChI is InChI=1S/C9H12ClNS/c1-6-9-7(3-4-11(6)2)5-8(10)12-9/h5-6H,3-4H2,1-2H3. The molecule has 1 aliphatic heterocycles. The summed E-state index contributed by atoms with van der Waals surface area (Å²) in [5.41, 5.74) is 1.45. The second-order valence-corrected chi connectivity index (χ2v) is 5.06. The number of hydrogen-bond acceptors (Lipinski definition) is 2. The van der Waals surface area contributed by atoms with Crippen LogP contribution in [-0.2, 0) is 6.42 Å². The van der Waals surface area contributed by atoms with Crippen LogP contribution in [0.3, 0.4) is 0 Å². The molecule has 0 aliphatic carbocycles. The lowest BCUT2D eigenvalue weighted by Crippen LogP contribution is -2.28. The highest BCUT2D eigenvalue weighted by molar-refractivity contribution is 7.16. The number of nitrogens with zero attached hydrogens (tertiary/aromatic N) is 1. The van der Waals surface area contributed by atoms with Crippen LogP contribution in [-0.4, -0.2) is 18.5 Å². The normalized spacial score (nSPS) is 24.1. The molecule has 3 heteroatoms. The smallest absolute Gasteiger partial charge is 0.0934 e. The van der Waals surface area contributed by atoms with Crippen molar-refractivity contribution in [2.45, 2.75) is 19.4 Å². The van der Waals surface area contributed by atoms with Crippen LogP contribution in [0.1, 0.15) is 23.4 Å². The molecule has 0 saturated carbocycles. The number of halogens is 1. The molecule has 1 unspecified atom stereocenters. The van der Waals surface area contributed by atoms with Gasteiger partial charge >= 0.3 is 0 Å². The zero-order valence-corrected chi connectivity index (χ0v) is 8.87. The minimum Gasteiger partial charge on any atom is -0.298 e. The van der Waals surface area contributed by atoms with Gasteiger partial charge in [0.05, 0.1) is 4.34 Å². The average Bonchev–Trinajstić information content (AvgIpc) is 2.39. The Kier molecular flexibility index (Phi) is 2.15. The van der Waals surface area contributed by atoms with Crippen molar-refractivity contribution in [1.29, 1.82) is 0 Å². The van der Waals surface area contributed by atoms with Crippen molar-refractivity contribution in [3.05, 3.63) is 20.8 Å². The van der Waals surface area contributed by atoms with Gasteiger partial charge in [0.25, 0.3) is 0 Å². The first-order chi connectivity index (χ1) is 5.68. The lowest BCUT2D eigenvalue weighted by molar-refractivity contribution is 0.252. The number of likely N-dealkylation sites (N-methyl/N-ethyl adjacent to an activating group) is 1. The van der Waals surface area contributed by atoms with E-state index in [-0.39, 0.29) is 0 Å². The summed E-state index contributed by atoms with van der Waals surface area (Å²) >= 11 is 7.69. The molecule has 0 bridgehead atoms. The number of fused-ring (bicyclic) bond motifs is 1. The molecule has 0 amide bonds. The van der Waals surface area contributed by atoms with Gasteiger partial charge in [-0.1, -0.05) is 11.6 Å². The van der Waals surface area contributed by atoms with Gasteiger partial charge in [0.15, 0.2) is 0 Å². The lowest BCUT2D eigenvalue weighted by Gasteiger charge is -2.29. The van der Waals surface area contributed by atoms with Crippen molar-refractivity contribution < 1.29 is 0 Å². The van der Waals surface area contributed by atoms with E-state index in [9.17, 15) is 0 Å². The van der Waals surface area contributed by atoms with Gasteiger partial charge in [0.2, 0.25) is 0 Å². The number of rotatable bonds is 0. The zero-order chi connectivity index (χ0) is 8.72. The predicted molar refractivity (Wildman–Crippen MR) is 54.1 cm³/mol. The Hall–Kier alpha value is -0.0500. The molecule has 0 N–H and O–H groups in total. The van der Waals surface area contributed by atoms with Gasteiger partial charge in [-0.3, -0.25) is 4.90 Å². The molecule has 0 aromatic carbocycles. The fourth-order valence-corrected chi connectivity index (χ4v) is 3.08. The molecule has 0 saturated heterocycles. The molecule has 2 rings (SSSR count). The zero-order valence-electron chi connectivity index (χ0n) is 7.30. The Balaban J connectivity index is 2.41. The Morgan fingerprint density at radius 1 is 1.67 bits per heavy atom. The number of thiophene rings is 1. The van der Waals surface area contributed by atoms with E-state index in [1.807, 2.05) is 0 Å². The highest BCUT2D eigenvalue weighted by atomic mass is 35.5. The summed E-state index contributed by atoms with van der Waals surface area (Å²) in [6.45, 7) is 3.39. The first kappa shape index (κ1) is 8.54. The van der Waals surface area contributed by atoms with Gasteiger partial charge in [0, 0.05) is 17.5 Å². The summed E-state index contributed by atoms with van der Waals surface area (Å²) in [6, 6.07) is 2.66. The highest BCUT2D eigenvalue weighted by Crippen LogP contribution is 2.36. The maximum atomic E-state index is 5.96. The fraction of sp³-hybridized carbons (Fsp3) is 0.556. The molecule has 1 aliphatic rings. The van der Waals surface area contributed by atoms with E-state index >= 15 is 0 Å². The van der Waals surface area contributed by atoms with Crippen molar-refractivity contribution >= 4 is 22.9 Å². The van der Waals surface area contributed by atoms with Gasteiger partial charge in [0.1, 0.15) is 0 Å². The van der Waals surface area contributed by atoms with Gasteiger partial charge in [-0.15, -0.1) is 11.3 Å². The second kappa shape index (κ2) is 3.02. The van der Waals surface area contributed by atoms with Crippen molar-refractivity contribution in [1.82, 2.24) is 4.90 Å². The summed E-state index contributed by atoms with van der Waals surface area (Å²) in [5, 5.41) is 0. The van der Waals surface area contributed by atoms with Crippen LogP contribution in [0.25, 0.3) is 0 Å². The third-order valence-corrected chi connectivity index (χ3v) is 4.06. The highest BCUT2D eigenvalue weighted by Gasteiger charge is 2.22. The molecule has 0 radical (unpaired) electrons. The van der Waals surface area contributed by atoms with E-state index in [4.69, 9.17) is 11.6 Å². The first-order valence-corrected chi connectivity index (χ1v) is 5.36. The van der Waals surface area contributed by atoms with E-state index in [1.165, 1.54) is 10.4 Å². The minimum atomic E-state index is 0.547. The van der Waals surface area contributed by atoms with E-state index in [0.29, 0.717) is 6.04 Å². The Morgan fingerprint density at radius 3 is 3.17 bits per heavy atom. The van der Waals surface area contributed by atoms with Gasteiger partial charge in [-0.05, 0) is 32.0 Å². The molecule has 1 aromatic rings. The molecule has 0 spiro atoms. The van der Waals surface area contributed by atoms with Crippen LogP contribution in [0.5, 0.6) is 0 Å². The SMILES string of the molecule is CC1c2sc(Cl)cc2CCN1C. The van der Waals surface area contributed by atoms with Crippen molar-refractivity contribution in [2.75, 3.05) is 13.6 Å². The molecule has 1 atom stereocenters. The third-order valence-electron chi connectivity index (χ3n) is 2.59. The molecule has 1 nitrogen and oxygen atoms in total. The van der Waals surface area contributed by atoms with Gasteiger partial charge in [-0.2, -0.15) is 0 Å². The van der Waals surface area contributed by atoms with Crippen LogP contribution < -0.4 is 0 Å². The van der Waals surface area contributed by atoms with Crippen LogP contribution in [0.4, 0.5) is 0 Å². The van der Waals surface area contributed by atoms with Crippen molar-refractivity contribution in [3.8, 4) is 0 Å². The minimum absolute atomic E-state index is 0.547. The molecular formula is C9H12ClNS. The van der Waals surface area contributed by atoms with Crippen LogP contribution in [0.15, 0.2) is 6.07 Å². The van der Waals surface area contributed by atoms with Crippen molar-refractivity contribution in [3.63, 3.8) is 0 Å². The van der Waals surface area contributed by atoms with E-state index in [2.05, 4.69) is 24.9 Å². The summed E-state index contributed by atoms with van der Waals surface area (Å²) in [7, 11) is 2.17. The van der Waals surface area contributed by atoms with Crippen LogP contribution >= 0.6 is 22.9 Å².